The molecular weight excluding hydrogens is 684 g/mol. The highest BCUT2D eigenvalue weighted by Gasteiger charge is 2.24. The monoisotopic (exact) mass is 714 g/mol. The van der Waals surface area contributed by atoms with Crippen molar-refractivity contribution in [3.8, 4) is 11.3 Å². The third-order valence-corrected chi connectivity index (χ3v) is 9.92. The number of rotatable bonds is 11. The Morgan fingerprint density at radius 3 is 2.26 bits per heavy atom. The van der Waals surface area contributed by atoms with Crippen LogP contribution in [0.15, 0.2) is 149 Å². The summed E-state index contributed by atoms with van der Waals surface area (Å²) < 4.78 is 0. The number of anilines is 2. The standard InChI is InChI=1S/C40H31ClN4O3S2/c1-26-13-8-9-18-29(26)23-34(43-37(46)28-16-6-3-7-17-28)38(47)42-30-19-12-20-31(24-30)50-36(27-14-4-2-5-15-27)39(48)45-40-44-35(25-49-40)32-21-10-11-22-33(32)41/h2-25,36H,1H3,(H,42,47)(H,43,46)(H,44,45,48)/b34-23-. The van der Waals surface area contributed by atoms with Gasteiger partial charge < -0.3 is 16.0 Å². The van der Waals surface area contributed by atoms with Crippen LogP contribution in [0, 0.1) is 6.92 Å². The number of carbonyl (C=O) groups is 3. The normalized spacial score (nSPS) is 11.8. The Labute approximate surface area is 303 Å². The number of aryl methyl sites for hydroxylation is 1. The van der Waals surface area contributed by atoms with Crippen LogP contribution in [0.2, 0.25) is 5.02 Å². The van der Waals surface area contributed by atoms with E-state index in [0.29, 0.717) is 27.1 Å². The largest absolute Gasteiger partial charge is 0.321 e. The van der Waals surface area contributed by atoms with Crippen molar-refractivity contribution in [1.29, 1.82) is 0 Å². The van der Waals surface area contributed by atoms with Crippen molar-refractivity contribution in [2.45, 2.75) is 17.1 Å². The lowest BCUT2D eigenvalue weighted by Crippen LogP contribution is -2.30. The molecule has 0 saturated heterocycles. The summed E-state index contributed by atoms with van der Waals surface area (Å²) in [6.45, 7) is 1.94. The second kappa shape index (κ2) is 16.3. The predicted octanol–water partition coefficient (Wildman–Crippen LogP) is 9.65. The van der Waals surface area contributed by atoms with Gasteiger partial charge >= 0.3 is 0 Å². The fraction of sp³-hybridized carbons (Fsp3) is 0.0500. The molecule has 0 aliphatic rings. The molecule has 0 radical (unpaired) electrons. The van der Waals surface area contributed by atoms with E-state index in [1.807, 2.05) is 103 Å². The molecule has 1 heterocycles. The number of thiazole rings is 1. The number of nitrogens with one attached hydrogen (secondary N) is 3. The first-order chi connectivity index (χ1) is 24.3. The highest BCUT2D eigenvalue weighted by atomic mass is 35.5. The Morgan fingerprint density at radius 2 is 1.50 bits per heavy atom. The van der Waals surface area contributed by atoms with E-state index in [0.717, 1.165) is 27.1 Å². The average Bonchev–Trinajstić information content (AvgIpc) is 3.60. The molecule has 0 aliphatic carbocycles. The lowest BCUT2D eigenvalue weighted by atomic mass is 10.1. The zero-order valence-electron chi connectivity index (χ0n) is 26.8. The maximum Gasteiger partial charge on any atom is 0.272 e. The molecule has 6 rings (SSSR count). The van der Waals surface area contributed by atoms with Crippen LogP contribution in [-0.2, 0) is 9.59 Å². The fourth-order valence-electron chi connectivity index (χ4n) is 5.02. The molecule has 1 unspecified atom stereocenters. The topological polar surface area (TPSA) is 100 Å². The fourth-order valence-corrected chi connectivity index (χ4v) is 7.05. The maximum absolute atomic E-state index is 13.8. The first-order valence-electron chi connectivity index (χ1n) is 15.6. The second-order valence-corrected chi connectivity index (χ2v) is 13.6. The van der Waals surface area contributed by atoms with Gasteiger partial charge in [-0.15, -0.1) is 23.1 Å². The van der Waals surface area contributed by atoms with Crippen molar-refractivity contribution in [3.05, 3.63) is 172 Å². The molecule has 10 heteroatoms. The van der Waals surface area contributed by atoms with Gasteiger partial charge in [-0.05, 0) is 66.1 Å². The van der Waals surface area contributed by atoms with Gasteiger partial charge in [0.15, 0.2) is 5.13 Å². The van der Waals surface area contributed by atoms with E-state index in [2.05, 4.69) is 20.9 Å². The van der Waals surface area contributed by atoms with Crippen molar-refractivity contribution in [2.24, 2.45) is 0 Å². The average molecular weight is 715 g/mol. The minimum absolute atomic E-state index is 0.0901. The van der Waals surface area contributed by atoms with E-state index in [-0.39, 0.29) is 11.6 Å². The van der Waals surface area contributed by atoms with Crippen molar-refractivity contribution in [1.82, 2.24) is 10.3 Å². The zero-order chi connectivity index (χ0) is 34.9. The van der Waals surface area contributed by atoms with Crippen molar-refractivity contribution in [2.75, 3.05) is 10.6 Å². The summed E-state index contributed by atoms with van der Waals surface area (Å²) >= 11 is 9.04. The molecule has 50 heavy (non-hydrogen) atoms. The number of hydrogen-bond donors (Lipinski definition) is 3. The highest BCUT2D eigenvalue weighted by molar-refractivity contribution is 8.00. The molecule has 3 amide bonds. The third kappa shape index (κ3) is 8.75. The van der Waals surface area contributed by atoms with Crippen molar-refractivity contribution >= 4 is 69.3 Å². The molecule has 248 valence electrons. The molecule has 7 nitrogen and oxygen atoms in total. The van der Waals surface area contributed by atoms with E-state index in [4.69, 9.17) is 11.6 Å². The van der Waals surface area contributed by atoms with Crippen LogP contribution in [-0.4, -0.2) is 22.7 Å². The zero-order valence-corrected chi connectivity index (χ0v) is 29.2. The molecule has 0 fully saturated rings. The minimum atomic E-state index is -0.628. The van der Waals surface area contributed by atoms with Gasteiger partial charge in [0.05, 0.1) is 5.69 Å². The Hall–Kier alpha value is -5.48. The second-order valence-electron chi connectivity index (χ2n) is 11.1. The van der Waals surface area contributed by atoms with Gasteiger partial charge in [-0.1, -0.05) is 109 Å². The van der Waals surface area contributed by atoms with Gasteiger partial charge in [-0.25, -0.2) is 4.98 Å². The molecule has 0 saturated carbocycles. The molecule has 6 aromatic rings. The molecule has 0 bridgehead atoms. The number of halogens is 1. The van der Waals surface area contributed by atoms with E-state index in [1.165, 1.54) is 23.1 Å². The number of aromatic nitrogens is 1. The Bertz CT molecular complexity index is 2170. The number of nitrogens with zero attached hydrogens (tertiary/aromatic N) is 1. The van der Waals surface area contributed by atoms with Gasteiger partial charge in [0.1, 0.15) is 10.9 Å². The number of amides is 3. The molecule has 0 spiro atoms. The third-order valence-electron chi connectivity index (χ3n) is 7.59. The van der Waals surface area contributed by atoms with Crippen LogP contribution in [0.25, 0.3) is 17.3 Å². The Balaban J connectivity index is 1.22. The summed E-state index contributed by atoms with van der Waals surface area (Å²) in [5.74, 6) is -1.14. The van der Waals surface area contributed by atoms with Crippen molar-refractivity contribution < 1.29 is 14.4 Å². The van der Waals surface area contributed by atoms with Gasteiger partial charge in [0, 0.05) is 32.1 Å². The summed E-state index contributed by atoms with van der Waals surface area (Å²) in [6, 6.07) is 40.5. The van der Waals surface area contributed by atoms with E-state index in [1.54, 1.807) is 48.5 Å². The van der Waals surface area contributed by atoms with Crippen LogP contribution in [0.4, 0.5) is 10.8 Å². The van der Waals surface area contributed by atoms with E-state index in [9.17, 15) is 14.4 Å². The lowest BCUT2D eigenvalue weighted by Gasteiger charge is -2.17. The molecule has 3 N–H and O–H groups in total. The lowest BCUT2D eigenvalue weighted by molar-refractivity contribution is -0.116. The van der Waals surface area contributed by atoms with Gasteiger partial charge in [-0.2, -0.15) is 0 Å². The SMILES string of the molecule is Cc1ccccc1/C=C(\NC(=O)c1ccccc1)C(=O)Nc1cccc(SC(C(=O)Nc2nc(-c3ccccc3Cl)cs2)c2ccccc2)c1. The van der Waals surface area contributed by atoms with Crippen molar-refractivity contribution in [3.63, 3.8) is 0 Å². The van der Waals surface area contributed by atoms with Crippen LogP contribution >= 0.6 is 34.7 Å². The van der Waals surface area contributed by atoms with Crippen LogP contribution in [0.3, 0.4) is 0 Å². The number of thioether (sulfide) groups is 1. The van der Waals surface area contributed by atoms with E-state index < -0.39 is 17.1 Å². The Morgan fingerprint density at radius 1 is 0.800 bits per heavy atom. The van der Waals surface area contributed by atoms with Gasteiger partial charge in [0.25, 0.3) is 11.8 Å². The molecule has 5 aromatic carbocycles. The number of benzene rings is 5. The highest BCUT2D eigenvalue weighted by Crippen LogP contribution is 2.38. The minimum Gasteiger partial charge on any atom is -0.321 e. The van der Waals surface area contributed by atoms with Gasteiger partial charge in [-0.3, -0.25) is 14.4 Å². The van der Waals surface area contributed by atoms with E-state index >= 15 is 0 Å². The quantitative estimate of drug-likeness (QED) is 0.0917. The number of hydrogen-bond acceptors (Lipinski definition) is 6. The van der Waals surface area contributed by atoms with Gasteiger partial charge in [0.2, 0.25) is 5.91 Å². The molecular formula is C40H31ClN4O3S2. The summed E-state index contributed by atoms with van der Waals surface area (Å²) in [6.07, 6.45) is 1.66. The molecule has 1 atom stereocenters. The maximum atomic E-state index is 13.8. The predicted molar refractivity (Wildman–Crippen MR) is 204 cm³/mol. The molecule has 0 aliphatic heterocycles. The number of carbonyl (C=O) groups excluding carboxylic acids is 3. The summed E-state index contributed by atoms with van der Waals surface area (Å²) in [5, 5.41) is 11.0. The van der Waals surface area contributed by atoms with Crippen LogP contribution in [0.1, 0.15) is 32.3 Å². The first kappa shape index (κ1) is 34.4. The molecule has 1 aromatic heterocycles. The smallest absolute Gasteiger partial charge is 0.272 e. The summed E-state index contributed by atoms with van der Waals surface area (Å²) in [5.41, 5.74) is 5.04. The van der Waals surface area contributed by atoms with Crippen LogP contribution < -0.4 is 16.0 Å². The van der Waals surface area contributed by atoms with Crippen LogP contribution in [0.5, 0.6) is 0 Å². The Kier molecular flexibility index (Phi) is 11.2. The summed E-state index contributed by atoms with van der Waals surface area (Å²) in [7, 11) is 0. The first-order valence-corrected chi connectivity index (χ1v) is 17.8. The summed E-state index contributed by atoms with van der Waals surface area (Å²) in [4.78, 5) is 46.0.